The lowest BCUT2D eigenvalue weighted by Crippen LogP contribution is -2.23. The van der Waals surface area contributed by atoms with E-state index in [0.717, 1.165) is 37.6 Å². The smallest absolute Gasteiger partial charge is 0.0847 e. The Bertz CT molecular complexity index is 590. The average molecular weight is 442 g/mol. The van der Waals surface area contributed by atoms with Gasteiger partial charge in [-0.3, -0.25) is 4.68 Å². The first-order chi connectivity index (χ1) is 9.43. The van der Waals surface area contributed by atoms with Gasteiger partial charge < -0.3 is 5.32 Å². The Morgan fingerprint density at radius 2 is 2.20 bits per heavy atom. The molecule has 0 fully saturated rings. The molecule has 0 saturated heterocycles. The second-order valence-electron chi connectivity index (χ2n) is 4.55. The highest BCUT2D eigenvalue weighted by molar-refractivity contribution is 9.13. The topological polar surface area (TPSA) is 29.9 Å². The van der Waals surface area contributed by atoms with Gasteiger partial charge in [0.05, 0.1) is 20.2 Å². The number of nitrogens with zero attached hydrogens (tertiary/aromatic N) is 2. The maximum atomic E-state index is 6.36. The minimum absolute atomic E-state index is 0.236. The second kappa shape index (κ2) is 6.92. The van der Waals surface area contributed by atoms with Gasteiger partial charge in [-0.1, -0.05) is 18.5 Å². The van der Waals surface area contributed by atoms with Gasteiger partial charge in [-0.2, -0.15) is 5.10 Å². The number of thiophene rings is 1. The summed E-state index contributed by atoms with van der Waals surface area (Å²) < 4.78 is 4.08. The molecule has 2 rings (SSSR count). The van der Waals surface area contributed by atoms with E-state index in [4.69, 9.17) is 11.6 Å². The molecule has 20 heavy (non-hydrogen) atoms. The van der Waals surface area contributed by atoms with Crippen LogP contribution in [0.4, 0.5) is 0 Å². The monoisotopic (exact) mass is 439 g/mol. The van der Waals surface area contributed by atoms with E-state index in [1.165, 1.54) is 4.88 Å². The second-order valence-corrected chi connectivity index (χ2v) is 8.19. The molecule has 3 nitrogen and oxygen atoms in total. The van der Waals surface area contributed by atoms with Crippen LogP contribution in [-0.2, 0) is 13.5 Å². The van der Waals surface area contributed by atoms with Crippen molar-refractivity contribution in [3.05, 3.63) is 35.6 Å². The molecule has 110 valence electrons. The number of likely N-dealkylation sites (N-methyl/N-ethyl adjacent to an activating group) is 1. The van der Waals surface area contributed by atoms with Gasteiger partial charge in [-0.05, 0) is 51.4 Å². The van der Waals surface area contributed by atoms with Crippen LogP contribution >= 0.6 is 54.8 Å². The summed E-state index contributed by atoms with van der Waals surface area (Å²) in [6, 6.07) is 2.39. The normalized spacial score (nSPS) is 12.9. The zero-order valence-electron chi connectivity index (χ0n) is 11.5. The molecule has 0 bridgehead atoms. The maximum Gasteiger partial charge on any atom is 0.0847 e. The number of hydrogen-bond acceptors (Lipinski definition) is 3. The van der Waals surface area contributed by atoms with Gasteiger partial charge in [-0.15, -0.1) is 11.3 Å². The molecular formula is C13H16Br2ClN3S. The average Bonchev–Trinajstić information content (AvgIpc) is 2.83. The Balaban J connectivity index is 2.30. The van der Waals surface area contributed by atoms with Gasteiger partial charge in [0.2, 0.25) is 0 Å². The number of aromatic nitrogens is 2. The zero-order chi connectivity index (χ0) is 14.9. The standard InChI is InChI=1S/C13H16Br2ClN3S/c1-4-17-9(11-5-8(14)13(15)20-11)6-10-12(16)7(2)18-19(10)3/h5,9,17H,4,6H2,1-3H3. The Kier molecular flexibility index (Phi) is 5.71. The first kappa shape index (κ1) is 16.5. The third-order valence-corrected chi connectivity index (χ3v) is 6.98. The number of rotatable bonds is 5. The van der Waals surface area contributed by atoms with Crippen LogP contribution in [0.5, 0.6) is 0 Å². The molecule has 1 N–H and O–H groups in total. The lowest BCUT2D eigenvalue weighted by molar-refractivity contribution is 0.536. The highest BCUT2D eigenvalue weighted by Crippen LogP contribution is 2.37. The van der Waals surface area contributed by atoms with Gasteiger partial charge in [-0.25, -0.2) is 0 Å². The SMILES string of the molecule is CCNC(Cc1c(Cl)c(C)nn1C)c1cc(Br)c(Br)s1. The molecule has 0 aliphatic carbocycles. The van der Waals surface area contributed by atoms with Crippen molar-refractivity contribution in [2.24, 2.45) is 7.05 Å². The van der Waals surface area contributed by atoms with Gasteiger partial charge in [0, 0.05) is 28.9 Å². The fourth-order valence-electron chi connectivity index (χ4n) is 2.15. The highest BCUT2D eigenvalue weighted by Gasteiger charge is 2.20. The Morgan fingerprint density at radius 1 is 1.50 bits per heavy atom. The quantitative estimate of drug-likeness (QED) is 0.718. The summed E-state index contributed by atoms with van der Waals surface area (Å²) in [6.07, 6.45) is 0.823. The van der Waals surface area contributed by atoms with Crippen LogP contribution in [0.15, 0.2) is 14.3 Å². The molecule has 0 spiro atoms. The molecule has 0 radical (unpaired) electrons. The predicted molar refractivity (Wildman–Crippen MR) is 92.8 cm³/mol. The van der Waals surface area contributed by atoms with Gasteiger partial charge >= 0.3 is 0 Å². The molecule has 2 heterocycles. The van der Waals surface area contributed by atoms with Gasteiger partial charge in [0.1, 0.15) is 0 Å². The third kappa shape index (κ3) is 3.47. The first-order valence-corrected chi connectivity index (χ1v) is 9.08. The molecule has 0 saturated carbocycles. The van der Waals surface area contributed by atoms with Crippen molar-refractivity contribution in [2.75, 3.05) is 6.54 Å². The molecule has 2 aromatic rings. The summed E-state index contributed by atoms with van der Waals surface area (Å²) in [4.78, 5) is 1.28. The largest absolute Gasteiger partial charge is 0.309 e. The van der Waals surface area contributed by atoms with Gasteiger partial charge in [0.25, 0.3) is 0 Å². The molecular weight excluding hydrogens is 425 g/mol. The van der Waals surface area contributed by atoms with Gasteiger partial charge in [0.15, 0.2) is 0 Å². The number of halogens is 3. The first-order valence-electron chi connectivity index (χ1n) is 6.30. The van der Waals surface area contributed by atoms with E-state index in [9.17, 15) is 0 Å². The van der Waals surface area contributed by atoms with Crippen molar-refractivity contribution in [3.63, 3.8) is 0 Å². The number of aryl methyl sites for hydroxylation is 2. The van der Waals surface area contributed by atoms with Crippen LogP contribution in [-0.4, -0.2) is 16.3 Å². The minimum atomic E-state index is 0.236. The lowest BCUT2D eigenvalue weighted by atomic mass is 10.1. The third-order valence-electron chi connectivity index (χ3n) is 3.12. The van der Waals surface area contributed by atoms with E-state index in [1.807, 2.05) is 18.7 Å². The summed E-state index contributed by atoms with van der Waals surface area (Å²) in [5, 5.41) is 8.67. The molecule has 1 atom stereocenters. The van der Waals surface area contributed by atoms with E-state index >= 15 is 0 Å². The van der Waals surface area contributed by atoms with E-state index in [2.05, 4.69) is 55.3 Å². The van der Waals surface area contributed by atoms with Crippen molar-refractivity contribution in [1.82, 2.24) is 15.1 Å². The molecule has 0 aromatic carbocycles. The Hall–Kier alpha value is 0.120. The van der Waals surface area contributed by atoms with Crippen LogP contribution < -0.4 is 5.32 Å². The van der Waals surface area contributed by atoms with Crippen LogP contribution in [0.2, 0.25) is 5.02 Å². The Labute approximate surface area is 145 Å². The summed E-state index contributed by atoms with van der Waals surface area (Å²) in [5.41, 5.74) is 1.95. The maximum absolute atomic E-state index is 6.36. The molecule has 0 amide bonds. The molecule has 7 heteroatoms. The van der Waals surface area contributed by atoms with Crippen LogP contribution in [0.3, 0.4) is 0 Å². The molecule has 0 aliphatic rings. The molecule has 2 aromatic heterocycles. The zero-order valence-corrected chi connectivity index (χ0v) is 16.2. The fraction of sp³-hybridized carbons (Fsp3) is 0.462. The van der Waals surface area contributed by atoms with Crippen LogP contribution in [0.25, 0.3) is 0 Å². The molecule has 0 aliphatic heterocycles. The van der Waals surface area contributed by atoms with E-state index in [-0.39, 0.29) is 6.04 Å². The summed E-state index contributed by atoms with van der Waals surface area (Å²) in [7, 11) is 1.94. The van der Waals surface area contributed by atoms with Crippen molar-refractivity contribution < 1.29 is 0 Å². The summed E-state index contributed by atoms with van der Waals surface area (Å²) in [5.74, 6) is 0. The number of nitrogens with one attached hydrogen (secondary N) is 1. The lowest BCUT2D eigenvalue weighted by Gasteiger charge is -2.16. The summed E-state index contributed by atoms with van der Waals surface area (Å²) >= 11 is 15.2. The molecule has 1 unspecified atom stereocenters. The van der Waals surface area contributed by atoms with E-state index in [1.54, 1.807) is 11.3 Å². The number of hydrogen-bond donors (Lipinski definition) is 1. The van der Waals surface area contributed by atoms with Crippen molar-refractivity contribution in [1.29, 1.82) is 0 Å². The Morgan fingerprint density at radius 3 is 2.65 bits per heavy atom. The van der Waals surface area contributed by atoms with Crippen molar-refractivity contribution >= 4 is 54.8 Å². The highest BCUT2D eigenvalue weighted by atomic mass is 79.9. The van der Waals surface area contributed by atoms with Crippen LogP contribution in [0, 0.1) is 6.92 Å². The van der Waals surface area contributed by atoms with Crippen molar-refractivity contribution in [3.8, 4) is 0 Å². The fourth-order valence-corrected chi connectivity index (χ4v) is 4.55. The predicted octanol–water partition coefficient (Wildman–Crippen LogP) is 4.86. The minimum Gasteiger partial charge on any atom is -0.309 e. The van der Waals surface area contributed by atoms with E-state index < -0.39 is 0 Å². The summed E-state index contributed by atoms with van der Waals surface area (Å²) in [6.45, 7) is 4.96. The van der Waals surface area contributed by atoms with Crippen molar-refractivity contribution in [2.45, 2.75) is 26.3 Å². The van der Waals surface area contributed by atoms with E-state index in [0.29, 0.717) is 0 Å². The van der Waals surface area contributed by atoms with Crippen LogP contribution in [0.1, 0.15) is 29.2 Å².